The van der Waals surface area contributed by atoms with E-state index in [1.165, 1.54) is 4.90 Å². The summed E-state index contributed by atoms with van der Waals surface area (Å²) in [7, 11) is 3.34. The van der Waals surface area contributed by atoms with Gasteiger partial charge >= 0.3 is 6.03 Å². The van der Waals surface area contributed by atoms with Crippen LogP contribution in [0.25, 0.3) is 0 Å². The van der Waals surface area contributed by atoms with Crippen LogP contribution in [0, 0.1) is 0 Å². The molecule has 6 heteroatoms. The average Bonchev–Trinajstić information content (AvgIpc) is 2.29. The van der Waals surface area contributed by atoms with Gasteiger partial charge in [-0.25, -0.2) is 4.79 Å². The van der Waals surface area contributed by atoms with Crippen molar-refractivity contribution in [1.29, 1.82) is 0 Å². The van der Waals surface area contributed by atoms with Crippen LogP contribution in [-0.2, 0) is 4.79 Å². The van der Waals surface area contributed by atoms with Crippen LogP contribution in [0.5, 0.6) is 0 Å². The highest BCUT2D eigenvalue weighted by Crippen LogP contribution is 1.97. The molecule has 0 aliphatic carbocycles. The Hall–Kier alpha value is -1.30. The van der Waals surface area contributed by atoms with Gasteiger partial charge in [0.25, 0.3) is 0 Å². The number of urea groups is 1. The van der Waals surface area contributed by atoms with E-state index in [0.29, 0.717) is 26.1 Å². The van der Waals surface area contributed by atoms with Crippen molar-refractivity contribution in [2.24, 2.45) is 5.73 Å². The van der Waals surface area contributed by atoms with E-state index in [0.717, 1.165) is 19.3 Å². The second kappa shape index (κ2) is 9.89. The fraction of sp³-hybridized carbons (Fsp3) is 0.818. The molecule has 0 fully saturated rings. The number of nitrogens with two attached hydrogens (primary N) is 1. The van der Waals surface area contributed by atoms with Crippen molar-refractivity contribution < 1.29 is 9.59 Å². The minimum Gasteiger partial charge on any atom is -0.354 e. The molecule has 0 aliphatic rings. The van der Waals surface area contributed by atoms with E-state index in [9.17, 15) is 9.59 Å². The largest absolute Gasteiger partial charge is 0.354 e. The molecule has 4 N–H and O–H groups in total. The first-order valence-electron chi connectivity index (χ1n) is 6.00. The van der Waals surface area contributed by atoms with E-state index in [1.54, 1.807) is 14.1 Å². The predicted octanol–water partition coefficient (Wildman–Crippen LogP) is -0.107. The number of rotatable bonds is 8. The lowest BCUT2D eigenvalue weighted by atomic mass is 10.2. The summed E-state index contributed by atoms with van der Waals surface area (Å²) < 4.78 is 0. The van der Waals surface area contributed by atoms with Gasteiger partial charge in [0.2, 0.25) is 5.91 Å². The van der Waals surface area contributed by atoms with Gasteiger partial charge in [-0.15, -0.1) is 0 Å². The fourth-order valence-electron chi connectivity index (χ4n) is 1.22. The van der Waals surface area contributed by atoms with Gasteiger partial charge in [0.05, 0.1) is 0 Å². The molecule has 0 aromatic rings. The lowest BCUT2D eigenvalue weighted by Crippen LogP contribution is -2.39. The third kappa shape index (κ3) is 9.62. The third-order valence-corrected chi connectivity index (χ3v) is 2.24. The minimum absolute atomic E-state index is 0.0288. The van der Waals surface area contributed by atoms with Crippen molar-refractivity contribution in [3.63, 3.8) is 0 Å². The number of nitrogens with one attached hydrogen (secondary N) is 2. The lowest BCUT2D eigenvalue weighted by Gasteiger charge is -2.12. The quantitative estimate of drug-likeness (QED) is 0.521. The van der Waals surface area contributed by atoms with E-state index in [4.69, 9.17) is 5.73 Å². The van der Waals surface area contributed by atoms with Gasteiger partial charge in [0.1, 0.15) is 0 Å². The van der Waals surface area contributed by atoms with Crippen molar-refractivity contribution in [2.45, 2.75) is 25.7 Å². The number of carbonyl (C=O) groups excluding carboxylic acids is 2. The van der Waals surface area contributed by atoms with Gasteiger partial charge in [-0.1, -0.05) is 6.42 Å². The summed E-state index contributed by atoms with van der Waals surface area (Å²) in [6.07, 6.45) is 3.35. The van der Waals surface area contributed by atoms with Crippen molar-refractivity contribution in [3.8, 4) is 0 Å². The Morgan fingerprint density at radius 3 is 2.29 bits per heavy atom. The van der Waals surface area contributed by atoms with Crippen molar-refractivity contribution in [2.75, 3.05) is 33.7 Å². The van der Waals surface area contributed by atoms with Crippen molar-refractivity contribution >= 4 is 11.9 Å². The summed E-state index contributed by atoms with van der Waals surface area (Å²) in [4.78, 5) is 23.9. The Labute approximate surface area is 103 Å². The van der Waals surface area contributed by atoms with E-state index >= 15 is 0 Å². The maximum absolute atomic E-state index is 11.3. The number of hydrogen-bond donors (Lipinski definition) is 3. The van der Waals surface area contributed by atoms with Gasteiger partial charge < -0.3 is 21.3 Å². The van der Waals surface area contributed by atoms with Gasteiger partial charge in [0, 0.05) is 33.6 Å². The van der Waals surface area contributed by atoms with Gasteiger partial charge in [0.15, 0.2) is 0 Å². The Morgan fingerprint density at radius 1 is 1.06 bits per heavy atom. The van der Waals surface area contributed by atoms with E-state index in [1.807, 2.05) is 0 Å². The smallest absolute Gasteiger partial charge is 0.316 e. The van der Waals surface area contributed by atoms with E-state index in [2.05, 4.69) is 10.6 Å². The number of hydrogen-bond acceptors (Lipinski definition) is 3. The second-order valence-electron chi connectivity index (χ2n) is 4.08. The summed E-state index contributed by atoms with van der Waals surface area (Å²) in [5, 5.41) is 5.42. The van der Waals surface area contributed by atoms with E-state index < -0.39 is 0 Å². The molecule has 0 bridgehead atoms. The first-order valence-corrected chi connectivity index (χ1v) is 6.00. The SMILES string of the molecule is CN(C)C(=O)NCCNC(=O)CCCCCN. The number of unbranched alkanes of at least 4 members (excludes halogenated alkanes) is 2. The van der Waals surface area contributed by atoms with Crippen LogP contribution in [0.4, 0.5) is 4.79 Å². The first-order chi connectivity index (χ1) is 8.07. The zero-order valence-corrected chi connectivity index (χ0v) is 10.8. The van der Waals surface area contributed by atoms with Gasteiger partial charge in [-0.05, 0) is 19.4 Å². The van der Waals surface area contributed by atoms with Crippen molar-refractivity contribution in [3.05, 3.63) is 0 Å². The highest BCUT2D eigenvalue weighted by molar-refractivity contribution is 5.76. The topological polar surface area (TPSA) is 87.5 Å². The molecular formula is C11H24N4O2. The number of amides is 3. The Morgan fingerprint density at radius 2 is 1.71 bits per heavy atom. The number of carbonyl (C=O) groups is 2. The lowest BCUT2D eigenvalue weighted by molar-refractivity contribution is -0.121. The van der Waals surface area contributed by atoms with Crippen LogP contribution in [0.2, 0.25) is 0 Å². The maximum Gasteiger partial charge on any atom is 0.316 e. The average molecular weight is 244 g/mol. The molecule has 0 saturated heterocycles. The molecule has 17 heavy (non-hydrogen) atoms. The summed E-state index contributed by atoms with van der Waals surface area (Å²) >= 11 is 0. The molecule has 0 radical (unpaired) electrons. The van der Waals surface area contributed by atoms with Crippen LogP contribution in [0.3, 0.4) is 0 Å². The van der Waals surface area contributed by atoms with Crippen LogP contribution >= 0.6 is 0 Å². The Kier molecular flexibility index (Phi) is 9.14. The van der Waals surface area contributed by atoms with Crippen LogP contribution in [-0.4, -0.2) is 50.6 Å². The predicted molar refractivity (Wildman–Crippen MR) is 67.6 cm³/mol. The van der Waals surface area contributed by atoms with Crippen LogP contribution in [0.1, 0.15) is 25.7 Å². The zero-order chi connectivity index (χ0) is 13.1. The van der Waals surface area contributed by atoms with Gasteiger partial charge in [-0.2, -0.15) is 0 Å². The molecule has 0 spiro atoms. The highest BCUT2D eigenvalue weighted by Gasteiger charge is 2.02. The molecule has 0 heterocycles. The molecule has 0 unspecified atom stereocenters. The molecule has 100 valence electrons. The molecule has 0 aliphatic heterocycles. The van der Waals surface area contributed by atoms with Crippen LogP contribution in [0.15, 0.2) is 0 Å². The standard InChI is InChI=1S/C11H24N4O2/c1-15(2)11(17)14-9-8-13-10(16)6-4-3-5-7-12/h3-9,12H2,1-2H3,(H,13,16)(H,14,17). The molecule has 6 nitrogen and oxygen atoms in total. The molecular weight excluding hydrogens is 220 g/mol. The summed E-state index contributed by atoms with van der Waals surface area (Å²) in [5.74, 6) is 0.0288. The van der Waals surface area contributed by atoms with Gasteiger partial charge in [-0.3, -0.25) is 4.79 Å². The summed E-state index contributed by atoms with van der Waals surface area (Å²) in [5.41, 5.74) is 5.35. The fourth-order valence-corrected chi connectivity index (χ4v) is 1.22. The molecule has 0 aromatic carbocycles. The first kappa shape index (κ1) is 15.7. The molecule has 0 saturated carbocycles. The molecule has 0 rings (SSSR count). The normalized spacial score (nSPS) is 9.82. The maximum atomic E-state index is 11.3. The van der Waals surface area contributed by atoms with Crippen LogP contribution < -0.4 is 16.4 Å². The highest BCUT2D eigenvalue weighted by atomic mass is 16.2. The Bertz CT molecular complexity index is 232. The molecule has 0 aromatic heterocycles. The zero-order valence-electron chi connectivity index (χ0n) is 10.8. The monoisotopic (exact) mass is 244 g/mol. The summed E-state index contributed by atoms with van der Waals surface area (Å²) in [6, 6.07) is -0.151. The third-order valence-electron chi connectivity index (χ3n) is 2.24. The molecule has 3 amide bonds. The van der Waals surface area contributed by atoms with E-state index in [-0.39, 0.29) is 11.9 Å². The Balaban J connectivity index is 3.36. The second-order valence-corrected chi connectivity index (χ2v) is 4.08. The minimum atomic E-state index is -0.151. The van der Waals surface area contributed by atoms with Crippen molar-refractivity contribution in [1.82, 2.24) is 15.5 Å². The molecule has 0 atom stereocenters. The number of nitrogens with zero attached hydrogens (tertiary/aromatic N) is 1. The summed E-state index contributed by atoms with van der Waals surface area (Å²) in [6.45, 7) is 1.60.